The van der Waals surface area contributed by atoms with Gasteiger partial charge in [0.1, 0.15) is 0 Å². The molecule has 0 saturated heterocycles. The van der Waals surface area contributed by atoms with Gasteiger partial charge in [0, 0.05) is 0 Å². The third-order valence-electron chi connectivity index (χ3n) is 4.85. The minimum absolute atomic E-state index is 0.145. The van der Waals surface area contributed by atoms with Gasteiger partial charge in [0.2, 0.25) is 0 Å². The minimum atomic E-state index is -0.294. The van der Waals surface area contributed by atoms with Crippen LogP contribution in [0.15, 0.2) is 78.9 Å². The molecule has 4 aromatic rings. The van der Waals surface area contributed by atoms with Gasteiger partial charge < -0.3 is 0 Å². The van der Waals surface area contributed by atoms with E-state index < -0.39 is 0 Å². The standard InChI is InChI=1S/C25H23NO2SSe/c1-3-26(4-2)25(27)28-21-17-11-16-20-23(21)29-22(18-12-7-5-8-13-18)24(20)30-19-14-9-6-10-15-19/h5-17H,3-4H2,1-2H3. The summed E-state index contributed by atoms with van der Waals surface area (Å²) in [4.78, 5) is 15.5. The Morgan fingerprint density at radius 2 is 1.57 bits per heavy atom. The molecule has 0 aliphatic heterocycles. The SMILES string of the molecule is CCN(CC)C(=O)Oc1cccc2c([Se]c3ccccc3)c(-c3ccccc3)sc12. The van der Waals surface area contributed by atoms with Gasteiger partial charge >= 0.3 is 188 Å². The molecule has 30 heavy (non-hydrogen) atoms. The molecule has 3 aromatic carbocycles. The normalized spacial score (nSPS) is 10.9. The average molecular weight is 480 g/mol. The van der Waals surface area contributed by atoms with E-state index in [9.17, 15) is 4.79 Å². The van der Waals surface area contributed by atoms with Crippen LogP contribution >= 0.6 is 11.3 Å². The Labute approximate surface area is 187 Å². The molecule has 0 atom stereocenters. The summed E-state index contributed by atoms with van der Waals surface area (Å²) in [6.45, 7) is 5.19. The maximum atomic E-state index is 12.6. The van der Waals surface area contributed by atoms with Crippen LogP contribution in [0, 0.1) is 0 Å². The summed E-state index contributed by atoms with van der Waals surface area (Å²) in [7, 11) is 0. The topological polar surface area (TPSA) is 29.5 Å². The van der Waals surface area contributed by atoms with E-state index in [1.807, 2.05) is 38.1 Å². The van der Waals surface area contributed by atoms with Crippen molar-refractivity contribution in [2.75, 3.05) is 13.1 Å². The number of carbonyl (C=O) groups excluding carboxylic acids is 1. The summed E-state index contributed by atoms with van der Waals surface area (Å²) in [6.07, 6.45) is -0.294. The van der Waals surface area contributed by atoms with Gasteiger partial charge in [-0.3, -0.25) is 0 Å². The average Bonchev–Trinajstić information content (AvgIpc) is 3.15. The van der Waals surface area contributed by atoms with Crippen molar-refractivity contribution >= 4 is 51.4 Å². The molecule has 1 aromatic heterocycles. The van der Waals surface area contributed by atoms with Crippen LogP contribution in [0.3, 0.4) is 0 Å². The molecule has 0 radical (unpaired) electrons. The molecule has 0 fully saturated rings. The molecule has 0 spiro atoms. The van der Waals surface area contributed by atoms with Crippen LogP contribution in [-0.4, -0.2) is 39.0 Å². The van der Waals surface area contributed by atoms with Crippen molar-refractivity contribution in [1.29, 1.82) is 0 Å². The fourth-order valence-electron chi connectivity index (χ4n) is 3.28. The molecule has 0 aliphatic carbocycles. The van der Waals surface area contributed by atoms with Crippen LogP contribution in [0.2, 0.25) is 0 Å². The molecule has 0 aliphatic rings. The van der Waals surface area contributed by atoms with E-state index in [-0.39, 0.29) is 21.1 Å². The second kappa shape index (κ2) is 9.48. The molecule has 1 heterocycles. The number of amides is 1. The number of nitrogens with zero attached hydrogens (tertiary/aromatic N) is 1. The fourth-order valence-corrected chi connectivity index (χ4v) is 7.19. The number of fused-ring (bicyclic) bond motifs is 1. The van der Waals surface area contributed by atoms with Crippen LogP contribution in [-0.2, 0) is 0 Å². The molecule has 1 amide bonds. The van der Waals surface area contributed by atoms with E-state index in [4.69, 9.17) is 4.74 Å². The van der Waals surface area contributed by atoms with Gasteiger partial charge in [0.15, 0.2) is 0 Å². The Kier molecular flexibility index (Phi) is 6.53. The first-order chi connectivity index (χ1) is 14.7. The van der Waals surface area contributed by atoms with Gasteiger partial charge in [0.05, 0.1) is 0 Å². The van der Waals surface area contributed by atoms with Crippen molar-refractivity contribution in [2.24, 2.45) is 0 Å². The Bertz CT molecular complexity index is 1140. The maximum absolute atomic E-state index is 12.6. The van der Waals surface area contributed by atoms with Crippen LogP contribution in [0.25, 0.3) is 20.5 Å². The summed E-state index contributed by atoms with van der Waals surface area (Å²) in [6, 6.07) is 27.1. The summed E-state index contributed by atoms with van der Waals surface area (Å²) >= 11 is 1.86. The van der Waals surface area contributed by atoms with E-state index in [1.54, 1.807) is 16.2 Å². The number of thiophene rings is 1. The Morgan fingerprint density at radius 1 is 0.900 bits per heavy atom. The van der Waals surface area contributed by atoms with Gasteiger partial charge in [-0.15, -0.1) is 0 Å². The Morgan fingerprint density at radius 3 is 2.23 bits per heavy atom. The molecule has 0 bridgehead atoms. The van der Waals surface area contributed by atoms with Crippen molar-refractivity contribution < 1.29 is 9.53 Å². The van der Waals surface area contributed by atoms with Crippen molar-refractivity contribution in [3.05, 3.63) is 78.9 Å². The molecule has 152 valence electrons. The van der Waals surface area contributed by atoms with E-state index >= 15 is 0 Å². The third-order valence-corrected chi connectivity index (χ3v) is 8.80. The van der Waals surface area contributed by atoms with Gasteiger partial charge in [-0.05, 0) is 0 Å². The summed E-state index contributed by atoms with van der Waals surface area (Å²) in [5, 5.41) is 1.17. The van der Waals surface area contributed by atoms with E-state index in [0.717, 1.165) is 4.70 Å². The Balaban J connectivity index is 1.83. The molecular weight excluding hydrogens is 457 g/mol. The summed E-state index contributed by atoms with van der Waals surface area (Å²) < 4.78 is 9.52. The Hall–Kier alpha value is -2.59. The fraction of sp³-hybridized carbons (Fsp3) is 0.160. The van der Waals surface area contributed by atoms with Gasteiger partial charge in [-0.2, -0.15) is 0 Å². The van der Waals surface area contributed by atoms with Crippen LogP contribution < -0.4 is 13.7 Å². The quantitative estimate of drug-likeness (QED) is 0.361. The van der Waals surface area contributed by atoms with Gasteiger partial charge in [-0.25, -0.2) is 0 Å². The van der Waals surface area contributed by atoms with E-state index in [0.29, 0.717) is 18.8 Å². The zero-order valence-corrected chi connectivity index (χ0v) is 19.5. The van der Waals surface area contributed by atoms with Crippen LogP contribution in [0.4, 0.5) is 4.79 Å². The summed E-state index contributed by atoms with van der Waals surface area (Å²) in [5.41, 5.74) is 1.20. The number of ether oxygens (including phenoxy) is 1. The molecule has 4 rings (SSSR count). The van der Waals surface area contributed by atoms with Crippen LogP contribution in [0.1, 0.15) is 13.8 Å². The number of benzene rings is 3. The van der Waals surface area contributed by atoms with E-state index in [2.05, 4.69) is 54.6 Å². The predicted octanol–water partition coefficient (Wildman–Crippen LogP) is 5.06. The first-order valence-corrected chi connectivity index (χ1v) is 12.5. The molecule has 5 heteroatoms. The van der Waals surface area contributed by atoms with Crippen molar-refractivity contribution in [3.8, 4) is 16.2 Å². The van der Waals surface area contributed by atoms with E-state index in [1.165, 1.54) is 24.8 Å². The van der Waals surface area contributed by atoms with Gasteiger partial charge in [-0.1, -0.05) is 0 Å². The molecule has 3 nitrogen and oxygen atoms in total. The second-order valence-corrected chi connectivity index (χ2v) is 10.0. The third kappa shape index (κ3) is 4.29. The monoisotopic (exact) mass is 481 g/mol. The first kappa shape index (κ1) is 20.7. The molecule has 0 N–H and O–H groups in total. The van der Waals surface area contributed by atoms with Gasteiger partial charge in [0.25, 0.3) is 0 Å². The number of hydrogen-bond donors (Lipinski definition) is 0. The zero-order chi connectivity index (χ0) is 20.9. The summed E-state index contributed by atoms with van der Waals surface area (Å²) in [5.74, 6) is 0.640. The van der Waals surface area contributed by atoms with Crippen LogP contribution in [0.5, 0.6) is 5.75 Å². The first-order valence-electron chi connectivity index (χ1n) is 10.0. The molecular formula is C25H23NO2SSe. The number of rotatable bonds is 6. The zero-order valence-electron chi connectivity index (χ0n) is 17.0. The van der Waals surface area contributed by atoms with Crippen molar-refractivity contribution in [1.82, 2.24) is 4.90 Å². The molecule has 0 unspecified atom stereocenters. The predicted molar refractivity (Wildman–Crippen MR) is 128 cm³/mol. The number of carbonyl (C=O) groups is 1. The molecule has 0 saturated carbocycles. The van der Waals surface area contributed by atoms with Crippen molar-refractivity contribution in [3.63, 3.8) is 0 Å². The second-order valence-electron chi connectivity index (χ2n) is 6.71. The number of hydrogen-bond acceptors (Lipinski definition) is 3. The van der Waals surface area contributed by atoms with Crippen molar-refractivity contribution in [2.45, 2.75) is 13.8 Å².